The number of ether oxygens (including phenoxy) is 2. The van der Waals surface area contributed by atoms with Gasteiger partial charge in [-0.25, -0.2) is 4.57 Å². The fourth-order valence-electron chi connectivity index (χ4n) is 4.02. The lowest BCUT2D eigenvalue weighted by Gasteiger charge is -2.18. The van der Waals surface area contributed by atoms with Crippen molar-refractivity contribution in [3.63, 3.8) is 0 Å². The van der Waals surface area contributed by atoms with E-state index in [9.17, 15) is 14.2 Å². The number of phosphoric acid groups is 1. The lowest BCUT2D eigenvalue weighted by molar-refractivity contribution is -0.161. The molecule has 0 aromatic carbocycles. The molecule has 0 saturated heterocycles. The van der Waals surface area contributed by atoms with Gasteiger partial charge in [0.05, 0.1) is 6.61 Å². The summed E-state index contributed by atoms with van der Waals surface area (Å²) < 4.78 is 26.0. The molecule has 9 heteroatoms. The zero-order valence-electron chi connectivity index (χ0n) is 24.1. The van der Waals surface area contributed by atoms with E-state index in [1.54, 1.807) is 0 Å². The van der Waals surface area contributed by atoms with Crippen LogP contribution in [0.25, 0.3) is 0 Å². The summed E-state index contributed by atoms with van der Waals surface area (Å²) in [4.78, 5) is 42.2. The second kappa shape index (κ2) is 26.0. The Balaban J connectivity index is 4.08. The molecule has 0 aliphatic rings. The third-order valence-electron chi connectivity index (χ3n) is 6.27. The zero-order valence-corrected chi connectivity index (χ0v) is 25.0. The van der Waals surface area contributed by atoms with Gasteiger partial charge in [0.15, 0.2) is 6.10 Å². The second-order valence-electron chi connectivity index (χ2n) is 10.1. The van der Waals surface area contributed by atoms with Gasteiger partial charge in [-0.1, -0.05) is 109 Å². The highest BCUT2D eigenvalue weighted by Gasteiger charge is 2.22. The van der Waals surface area contributed by atoms with Crippen LogP contribution in [0.15, 0.2) is 12.2 Å². The van der Waals surface area contributed by atoms with E-state index in [0.29, 0.717) is 6.42 Å². The Bertz CT molecular complexity index is 646. The highest BCUT2D eigenvalue weighted by atomic mass is 31.2. The topological polar surface area (TPSA) is 119 Å². The van der Waals surface area contributed by atoms with Gasteiger partial charge in [-0.2, -0.15) is 0 Å². The molecule has 0 aromatic heterocycles. The minimum absolute atomic E-state index is 0.204. The molecule has 0 aromatic rings. The molecule has 224 valence electrons. The van der Waals surface area contributed by atoms with Gasteiger partial charge in [0.1, 0.15) is 6.61 Å². The summed E-state index contributed by atoms with van der Waals surface area (Å²) in [6.07, 6.45) is 23.8. The van der Waals surface area contributed by atoms with E-state index < -0.39 is 32.5 Å². The van der Waals surface area contributed by atoms with Crippen molar-refractivity contribution in [2.24, 2.45) is 0 Å². The fraction of sp³-hybridized carbons (Fsp3) is 0.862. The summed E-state index contributed by atoms with van der Waals surface area (Å²) in [5.74, 6) is -0.899. The van der Waals surface area contributed by atoms with Crippen molar-refractivity contribution in [2.45, 2.75) is 148 Å². The first kappa shape index (κ1) is 36.8. The molecule has 0 bridgehead atoms. The first-order chi connectivity index (χ1) is 18.3. The number of allylic oxidation sites excluding steroid dienone is 2. The summed E-state index contributed by atoms with van der Waals surface area (Å²) in [7, 11) is -4.73. The number of hydrogen-bond acceptors (Lipinski definition) is 6. The lowest BCUT2D eigenvalue weighted by atomic mass is 10.1. The minimum atomic E-state index is -4.73. The standard InChI is InChI=1S/C29H55O8P/c1-3-5-7-9-11-13-15-17-19-21-23-28(30)35-25-27(26-36-38(32,33)34)37-29(31)24-22-20-18-16-14-12-10-8-6-4-2/h8,10,27H,3-7,9,11-26H2,1-2H3,(H2,32,33,34)/b10-8-. The van der Waals surface area contributed by atoms with Gasteiger partial charge in [-0.3, -0.25) is 14.1 Å². The van der Waals surface area contributed by atoms with Crippen LogP contribution in [0.5, 0.6) is 0 Å². The molecule has 0 aliphatic carbocycles. The van der Waals surface area contributed by atoms with Crippen LogP contribution in [0.2, 0.25) is 0 Å². The predicted octanol–water partition coefficient (Wildman–Crippen LogP) is 7.95. The molecule has 0 radical (unpaired) electrons. The lowest BCUT2D eigenvalue weighted by Crippen LogP contribution is -2.29. The van der Waals surface area contributed by atoms with Crippen molar-refractivity contribution >= 4 is 19.8 Å². The number of unbranched alkanes of at least 4 members (excludes halogenated alkanes) is 15. The smallest absolute Gasteiger partial charge is 0.462 e. The molecule has 8 nitrogen and oxygen atoms in total. The molecule has 0 aliphatic heterocycles. The molecular weight excluding hydrogens is 507 g/mol. The number of esters is 2. The number of rotatable bonds is 27. The Kier molecular flexibility index (Phi) is 25.2. The van der Waals surface area contributed by atoms with Crippen molar-refractivity contribution in [2.75, 3.05) is 13.2 Å². The van der Waals surface area contributed by atoms with Crippen molar-refractivity contribution in [3.05, 3.63) is 12.2 Å². The number of carbonyl (C=O) groups excluding carboxylic acids is 2. The number of carbonyl (C=O) groups is 2. The molecule has 0 fully saturated rings. The van der Waals surface area contributed by atoms with E-state index in [-0.39, 0.29) is 19.4 Å². The van der Waals surface area contributed by atoms with Crippen molar-refractivity contribution in [1.29, 1.82) is 0 Å². The van der Waals surface area contributed by atoms with Crippen LogP contribution in [-0.2, 0) is 28.2 Å². The van der Waals surface area contributed by atoms with Crippen LogP contribution in [0.4, 0.5) is 0 Å². The SMILES string of the molecule is CCC/C=C\CCCCCCCC(=O)OC(COC(=O)CCCCCCCCCCCC)COP(=O)(O)O. The van der Waals surface area contributed by atoms with Crippen molar-refractivity contribution in [3.8, 4) is 0 Å². The molecule has 0 spiro atoms. The molecular formula is C29H55O8P. The van der Waals surface area contributed by atoms with E-state index in [1.165, 1.54) is 51.4 Å². The summed E-state index contributed by atoms with van der Waals surface area (Å²) in [5.41, 5.74) is 0. The minimum Gasteiger partial charge on any atom is -0.462 e. The molecule has 38 heavy (non-hydrogen) atoms. The van der Waals surface area contributed by atoms with Gasteiger partial charge in [0.2, 0.25) is 0 Å². The van der Waals surface area contributed by atoms with Gasteiger partial charge in [-0.05, 0) is 32.1 Å². The van der Waals surface area contributed by atoms with Crippen LogP contribution < -0.4 is 0 Å². The van der Waals surface area contributed by atoms with Crippen molar-refractivity contribution in [1.82, 2.24) is 0 Å². The average molecular weight is 563 g/mol. The second-order valence-corrected chi connectivity index (χ2v) is 11.3. The van der Waals surface area contributed by atoms with Crippen LogP contribution in [0, 0.1) is 0 Å². The quantitative estimate of drug-likeness (QED) is 0.0448. The summed E-state index contributed by atoms with van der Waals surface area (Å²) in [6.45, 7) is 3.56. The van der Waals surface area contributed by atoms with Gasteiger partial charge in [0.25, 0.3) is 0 Å². The van der Waals surface area contributed by atoms with Gasteiger partial charge >= 0.3 is 19.8 Å². The predicted molar refractivity (Wildman–Crippen MR) is 152 cm³/mol. The van der Waals surface area contributed by atoms with E-state index in [2.05, 4.69) is 30.5 Å². The largest absolute Gasteiger partial charge is 0.469 e. The van der Waals surface area contributed by atoms with Gasteiger partial charge in [-0.15, -0.1) is 0 Å². The number of phosphoric ester groups is 1. The molecule has 0 amide bonds. The maximum absolute atomic E-state index is 12.2. The van der Waals surface area contributed by atoms with Crippen molar-refractivity contribution < 1.29 is 37.9 Å². The molecule has 0 saturated carbocycles. The maximum atomic E-state index is 12.2. The third kappa shape index (κ3) is 27.8. The van der Waals surface area contributed by atoms with Gasteiger partial charge in [0, 0.05) is 12.8 Å². The first-order valence-corrected chi connectivity index (χ1v) is 16.5. The normalized spacial score (nSPS) is 12.6. The fourth-order valence-corrected chi connectivity index (χ4v) is 4.38. The van der Waals surface area contributed by atoms with E-state index in [0.717, 1.165) is 57.8 Å². The Labute approximate surface area is 231 Å². The maximum Gasteiger partial charge on any atom is 0.469 e. The molecule has 1 unspecified atom stereocenters. The van der Waals surface area contributed by atoms with E-state index >= 15 is 0 Å². The monoisotopic (exact) mass is 562 g/mol. The van der Waals surface area contributed by atoms with Crippen LogP contribution in [0.1, 0.15) is 142 Å². The summed E-state index contributed by atoms with van der Waals surface area (Å²) in [5, 5.41) is 0. The summed E-state index contributed by atoms with van der Waals surface area (Å²) >= 11 is 0. The van der Waals surface area contributed by atoms with E-state index in [1.807, 2.05) is 0 Å². The zero-order chi connectivity index (χ0) is 28.3. The van der Waals surface area contributed by atoms with Gasteiger partial charge < -0.3 is 19.3 Å². The average Bonchev–Trinajstić information content (AvgIpc) is 2.87. The van der Waals surface area contributed by atoms with Crippen LogP contribution in [0.3, 0.4) is 0 Å². The highest BCUT2D eigenvalue weighted by Crippen LogP contribution is 2.35. The molecule has 0 heterocycles. The Morgan fingerprint density at radius 1 is 0.658 bits per heavy atom. The van der Waals surface area contributed by atoms with E-state index in [4.69, 9.17) is 19.3 Å². The third-order valence-corrected chi connectivity index (χ3v) is 6.75. The van der Waals surface area contributed by atoms with Crippen LogP contribution >= 0.6 is 7.82 Å². The Morgan fingerprint density at radius 3 is 1.71 bits per heavy atom. The highest BCUT2D eigenvalue weighted by molar-refractivity contribution is 7.46. The Hall–Kier alpha value is -1.21. The molecule has 2 N–H and O–H groups in total. The van der Waals surface area contributed by atoms with Crippen LogP contribution in [-0.4, -0.2) is 41.0 Å². The molecule has 1 atom stereocenters. The first-order valence-electron chi connectivity index (χ1n) is 15.0. The molecule has 0 rings (SSSR count). The Morgan fingerprint density at radius 2 is 1.16 bits per heavy atom. The number of hydrogen-bond donors (Lipinski definition) is 2. The summed E-state index contributed by atoms with van der Waals surface area (Å²) in [6, 6.07) is 0.